The van der Waals surface area contributed by atoms with Crippen LogP contribution in [0.2, 0.25) is 0 Å². The molecule has 7 atom stereocenters. The number of nitrogens with zero attached hydrogens (tertiary/aromatic N) is 2. The number of rotatable bonds is 56. The highest BCUT2D eigenvalue weighted by atomic mass is 33.1. The summed E-state index contributed by atoms with van der Waals surface area (Å²) in [7, 11) is 1.78. The van der Waals surface area contributed by atoms with Crippen molar-refractivity contribution >= 4 is 134 Å². The number of aliphatic imine (C=N–C) groups is 1. The number of unbranched alkanes of at least 4 members (excludes halogenated alkanes) is 1. The quantitative estimate of drug-likeness (QED) is 0.00964. The summed E-state index contributed by atoms with van der Waals surface area (Å²) in [6.45, 7) is 2.78. The number of fused-ring (bicyclic) bond motifs is 5. The first-order chi connectivity index (χ1) is 59.8. The molecule has 13 amide bonds. The minimum atomic E-state index is -1.85. The molecule has 0 aromatic heterocycles. The van der Waals surface area contributed by atoms with Gasteiger partial charge in [0.25, 0.3) is 5.91 Å². The Kier molecular flexibility index (Phi) is 57.0. The second-order valence-corrected chi connectivity index (χ2v) is 30.5. The van der Waals surface area contributed by atoms with Gasteiger partial charge in [0.15, 0.2) is 18.3 Å². The lowest BCUT2D eigenvalue weighted by molar-refractivity contribution is -0.141. The monoisotopic (exact) mass is 1810 g/mol. The third-order valence-corrected chi connectivity index (χ3v) is 20.1. The minimum Gasteiger partial charge on any atom is -0.481 e. The Hall–Kier alpha value is -9.99. The van der Waals surface area contributed by atoms with Crippen molar-refractivity contribution in [2.45, 2.75) is 94.2 Å². The van der Waals surface area contributed by atoms with Crippen LogP contribution < -0.4 is 80.6 Å². The number of carbonyl (C=O) groups is 15. The van der Waals surface area contributed by atoms with Crippen LogP contribution in [0.5, 0.6) is 0 Å². The maximum atomic E-state index is 14.7. The highest BCUT2D eigenvalue weighted by molar-refractivity contribution is 8.76. The average molecular weight is 1810 g/mol. The first-order valence-corrected chi connectivity index (χ1v) is 43.5. The summed E-state index contributed by atoms with van der Waals surface area (Å²) in [6, 6.07) is 3.12. The van der Waals surface area contributed by atoms with E-state index in [1.54, 1.807) is 30.3 Å². The molecular formula is C76H116FN17O27S3. The van der Waals surface area contributed by atoms with E-state index in [0.717, 1.165) is 33.3 Å². The van der Waals surface area contributed by atoms with Crippen LogP contribution in [0, 0.1) is 5.82 Å². The van der Waals surface area contributed by atoms with Gasteiger partial charge in [-0.2, -0.15) is 0 Å². The van der Waals surface area contributed by atoms with Crippen molar-refractivity contribution in [3.8, 4) is 0 Å². The number of benzene rings is 2. The Morgan fingerprint density at radius 3 is 1.44 bits per heavy atom. The van der Waals surface area contributed by atoms with E-state index in [0.29, 0.717) is 50.8 Å². The molecular weight excluding hydrogens is 1700 g/mol. The molecule has 0 unspecified atom stereocenters. The predicted octanol–water partition coefficient (Wildman–Crippen LogP) is -5.89. The summed E-state index contributed by atoms with van der Waals surface area (Å²) in [5, 5.41) is 47.2. The standard InChI is InChI=1S/C76H116FN17O27S3/c1-51(95)42-119-43-64(98)81-18-22-111-26-30-115-33-29-114-25-21-84-70(105)59-47-122-50-67(101)88-56(10-5-6-16-80-63(97)44-120-45-65(99)82-19-23-112-27-31-116-34-36-118-37-35-117-32-28-113-24-20-83-66(100)46-121-87-40-53-12-14-54(77)15-13-53)71(106)93-60-48-123-124-49-61(75(110)91-57(72(107)92-59)38-52-8-3-2-4-9-52)94-73(108)58(39-68(102)103)89-62(96)41-86-69(104)55(90-74(60)109)11-7-17-85-76(78)79/h2-4,8-9,12-15,40,55-61H,5-7,10-11,16-39,41-50H2,1H3,(H,80,97)(H,81,98)(H,82,99)(H,83,100)(H,84,105)(H,86,104)(H,88,101)(H,89,96)(H,90,109)(H,91,110)(H,92,107)(H,93,106)(H,94,108)(H,102,103)(H4,78,79,85)/b87-40+/t55-,56-,57-,58-,59-,60-,61-/m0/s1/i77-1. The molecule has 2 aliphatic heterocycles. The van der Waals surface area contributed by atoms with Crippen molar-refractivity contribution in [1.29, 1.82) is 0 Å². The number of aliphatic carboxylic acids is 1. The van der Waals surface area contributed by atoms with Gasteiger partial charge in [0.1, 0.15) is 74.5 Å². The lowest BCUT2D eigenvalue weighted by Gasteiger charge is -2.27. The molecule has 44 nitrogen and oxygen atoms in total. The van der Waals surface area contributed by atoms with Crippen LogP contribution in [0.4, 0.5) is 4.39 Å². The molecule has 2 aromatic carbocycles. The molecule has 124 heavy (non-hydrogen) atoms. The Morgan fingerprint density at radius 1 is 0.476 bits per heavy atom. The highest BCUT2D eigenvalue weighted by Crippen LogP contribution is 2.24. The molecule has 4 rings (SSSR count). The lowest BCUT2D eigenvalue weighted by Crippen LogP contribution is -2.60. The van der Waals surface area contributed by atoms with Crippen molar-refractivity contribution < 1.29 is 134 Å². The summed E-state index contributed by atoms with van der Waals surface area (Å²) in [6.07, 6.45) is 0.318. The summed E-state index contributed by atoms with van der Waals surface area (Å²) < 4.78 is 67.3. The molecule has 692 valence electrons. The van der Waals surface area contributed by atoms with Crippen molar-refractivity contribution in [3.63, 3.8) is 0 Å². The number of hydrogen-bond acceptors (Lipinski definition) is 31. The van der Waals surface area contributed by atoms with Crippen LogP contribution in [0.25, 0.3) is 0 Å². The molecule has 2 heterocycles. The van der Waals surface area contributed by atoms with Crippen LogP contribution in [0.1, 0.15) is 56.6 Å². The normalized spacial score (nSPS) is 18.5. The Labute approximate surface area is 728 Å². The van der Waals surface area contributed by atoms with Gasteiger partial charge >= 0.3 is 5.97 Å². The average Bonchev–Trinajstić information content (AvgIpc) is 0.978. The molecule has 2 saturated heterocycles. The number of oxime groups is 1. The van der Waals surface area contributed by atoms with Gasteiger partial charge in [0.05, 0.1) is 131 Å². The number of carboxylic acid groups (broad SMARTS) is 1. The fourth-order valence-corrected chi connectivity index (χ4v) is 13.7. The maximum Gasteiger partial charge on any atom is 0.305 e. The smallest absolute Gasteiger partial charge is 0.305 e. The molecule has 2 bridgehead atoms. The molecule has 48 heteroatoms. The largest absolute Gasteiger partial charge is 0.481 e. The van der Waals surface area contributed by atoms with E-state index in [2.05, 4.69) is 79.3 Å². The first kappa shape index (κ1) is 106. The van der Waals surface area contributed by atoms with Crippen molar-refractivity contribution in [2.24, 2.45) is 21.6 Å². The molecule has 0 saturated carbocycles. The Morgan fingerprint density at radius 2 is 0.927 bits per heavy atom. The number of hydrogen-bond donors (Lipinski definition) is 16. The van der Waals surface area contributed by atoms with Gasteiger partial charge in [0.2, 0.25) is 70.9 Å². The molecule has 0 radical (unpaired) electrons. The zero-order valence-corrected chi connectivity index (χ0v) is 71.6. The minimum absolute atomic E-state index is 0.0208. The van der Waals surface area contributed by atoms with Crippen molar-refractivity contribution in [2.75, 3.05) is 208 Å². The van der Waals surface area contributed by atoms with Gasteiger partial charge < -0.3 is 138 Å². The third kappa shape index (κ3) is 52.6. The molecule has 0 spiro atoms. The lowest BCUT2D eigenvalue weighted by atomic mass is 10.0. The maximum absolute atomic E-state index is 14.7. The van der Waals surface area contributed by atoms with Crippen LogP contribution >= 0.6 is 33.3 Å². The summed E-state index contributed by atoms with van der Waals surface area (Å²) in [5.74, 6) is -14.2. The van der Waals surface area contributed by atoms with Crippen LogP contribution in [-0.2, 0) is 131 Å². The zero-order valence-electron chi connectivity index (χ0n) is 69.1. The van der Waals surface area contributed by atoms with Gasteiger partial charge in [-0.05, 0) is 62.3 Å². The number of Topliss-reactive ketones (excluding diaryl/α,β-unsaturated/α-hetero) is 1. The fourth-order valence-electron chi connectivity index (χ4n) is 10.5. The van der Waals surface area contributed by atoms with Crippen molar-refractivity contribution in [1.82, 2.24) is 69.1 Å². The molecule has 18 N–H and O–H groups in total. The van der Waals surface area contributed by atoms with E-state index in [4.69, 9.17) is 63.7 Å². The van der Waals surface area contributed by atoms with Gasteiger partial charge in [-0.1, -0.05) is 69.2 Å². The van der Waals surface area contributed by atoms with E-state index in [-0.39, 0.29) is 204 Å². The summed E-state index contributed by atoms with van der Waals surface area (Å²) in [5.41, 5.74) is 12.2. The van der Waals surface area contributed by atoms with E-state index < -0.39 is 151 Å². The summed E-state index contributed by atoms with van der Waals surface area (Å²) >= 11 is 0.868. The predicted molar refractivity (Wildman–Crippen MR) is 449 cm³/mol. The topological polar surface area (TPSA) is 611 Å². The van der Waals surface area contributed by atoms with Gasteiger partial charge in [-0.3, -0.25) is 76.9 Å². The number of ketones is 1. The fraction of sp³-hybridized carbons (Fsp3) is 0.618. The van der Waals surface area contributed by atoms with Crippen LogP contribution in [0.15, 0.2) is 64.7 Å². The summed E-state index contributed by atoms with van der Waals surface area (Å²) in [4.78, 5) is 210. The van der Waals surface area contributed by atoms with E-state index in [9.17, 15) is 81.4 Å². The van der Waals surface area contributed by atoms with Crippen LogP contribution in [-0.4, -0.2) is 356 Å². The second-order valence-electron chi connectivity index (χ2n) is 26.9. The number of halogens is 1. The SMILES string of the molecule is CC(=O)COCC(=O)NCCOCCOCCOCCNC(=O)[C@@H]1CSCC(=O)N[C@@H](CCCCNC(=O)COCC(=O)NCCOCCOCCOCCOCCOCCNC(=O)CO/N=C/c2ccc([18F])cc2)C(=O)N[C@H]2CSSC[C@H](NC(=O)[C@H](CC(=O)O)NC(=O)CNC(=O)[C@H](CCCN=C(N)N)NC2=O)C(=O)N[C@@H](Cc2ccccc2)C(=O)N1. The van der Waals surface area contributed by atoms with Crippen molar-refractivity contribution in [3.05, 3.63) is 71.5 Å². The number of nitrogens with two attached hydrogens (primary N) is 2. The first-order valence-electron chi connectivity index (χ1n) is 39.9. The number of nitrogens with one attached hydrogen (secondary N) is 13. The molecule has 2 aliphatic rings. The van der Waals surface area contributed by atoms with Gasteiger partial charge in [-0.25, -0.2) is 4.39 Å². The number of amides is 13. The number of ether oxygens (including phenoxy) is 10. The highest BCUT2D eigenvalue weighted by Gasteiger charge is 2.36. The van der Waals surface area contributed by atoms with Gasteiger partial charge in [-0.15, -0.1) is 11.8 Å². The third-order valence-electron chi connectivity index (χ3n) is 16.6. The molecule has 2 fully saturated rings. The number of guanidine groups is 1. The number of thioether (sulfide) groups is 1. The van der Waals surface area contributed by atoms with E-state index in [1.807, 2.05) is 0 Å². The molecule has 2 aromatic rings. The van der Waals surface area contributed by atoms with E-state index in [1.165, 1.54) is 37.4 Å². The Bertz CT molecular complexity index is 3670. The van der Waals surface area contributed by atoms with Gasteiger partial charge in [0, 0.05) is 62.9 Å². The zero-order chi connectivity index (χ0) is 90.2. The number of carboxylic acids is 1. The molecule has 0 aliphatic carbocycles. The number of carbonyl (C=O) groups excluding carboxylic acids is 14. The van der Waals surface area contributed by atoms with E-state index >= 15 is 0 Å². The Balaban J connectivity index is 1.35. The second kappa shape index (κ2) is 66.5. The van der Waals surface area contributed by atoms with Crippen LogP contribution in [0.3, 0.4) is 0 Å².